The van der Waals surface area contributed by atoms with E-state index in [2.05, 4.69) is 4.74 Å². The van der Waals surface area contributed by atoms with Crippen LogP contribution in [0.4, 0.5) is 4.79 Å². The van der Waals surface area contributed by atoms with Crippen molar-refractivity contribution in [1.82, 2.24) is 4.90 Å². The van der Waals surface area contributed by atoms with Gasteiger partial charge in [-0.25, -0.2) is 4.79 Å². The van der Waals surface area contributed by atoms with E-state index >= 15 is 0 Å². The van der Waals surface area contributed by atoms with Crippen molar-refractivity contribution in [1.29, 1.82) is 0 Å². The molecule has 70 valence electrons. The van der Waals surface area contributed by atoms with E-state index in [1.807, 2.05) is 6.92 Å². The summed E-state index contributed by atoms with van der Waals surface area (Å²) >= 11 is 0. The molecule has 0 aromatic carbocycles. The lowest BCUT2D eigenvalue weighted by Gasteiger charge is -2.19. The Morgan fingerprint density at radius 1 is 1.69 bits per heavy atom. The maximum atomic E-state index is 11.0. The second kappa shape index (κ2) is 3.89. The molecule has 0 aliphatic carbocycles. The van der Waals surface area contributed by atoms with E-state index in [9.17, 15) is 9.59 Å². The second-order valence-electron chi connectivity index (χ2n) is 2.75. The van der Waals surface area contributed by atoms with Gasteiger partial charge in [0.15, 0.2) is 0 Å². The van der Waals surface area contributed by atoms with Gasteiger partial charge < -0.3 is 4.74 Å². The molecule has 1 aliphatic heterocycles. The van der Waals surface area contributed by atoms with Gasteiger partial charge in [-0.2, -0.15) is 0 Å². The maximum Gasteiger partial charge on any atom is 0.417 e. The fourth-order valence-electron chi connectivity index (χ4n) is 1.01. The number of carbonyl (C=O) groups is 2. The van der Waals surface area contributed by atoms with E-state index in [1.165, 1.54) is 18.2 Å². The smallest absolute Gasteiger partial charge is 0.417 e. The van der Waals surface area contributed by atoms with Crippen LogP contribution in [0, 0.1) is 5.92 Å². The van der Waals surface area contributed by atoms with Crippen LogP contribution in [-0.4, -0.2) is 24.4 Å². The van der Waals surface area contributed by atoms with Crippen LogP contribution in [0.3, 0.4) is 0 Å². The van der Waals surface area contributed by atoms with Gasteiger partial charge in [-0.3, -0.25) is 9.69 Å². The number of nitrogens with zero attached hydrogens (tertiary/aromatic N) is 1. The number of ether oxygens (including phenoxy) is 1. The Hall–Kier alpha value is -1.58. The van der Waals surface area contributed by atoms with E-state index < -0.39 is 6.09 Å². The summed E-state index contributed by atoms with van der Waals surface area (Å²) in [6.07, 6.45) is 5.07. The van der Waals surface area contributed by atoms with Gasteiger partial charge in [0.25, 0.3) is 0 Å². The first-order valence-electron chi connectivity index (χ1n) is 3.90. The lowest BCUT2D eigenvalue weighted by Crippen LogP contribution is -2.24. The van der Waals surface area contributed by atoms with Crippen molar-refractivity contribution < 1.29 is 14.3 Å². The summed E-state index contributed by atoms with van der Waals surface area (Å²) < 4.78 is 4.49. The van der Waals surface area contributed by atoms with Crippen LogP contribution in [0.1, 0.15) is 6.92 Å². The predicted octanol–water partition coefficient (Wildman–Crippen LogP) is 1.30. The molecule has 1 aliphatic rings. The van der Waals surface area contributed by atoms with E-state index in [1.54, 1.807) is 12.3 Å². The summed E-state index contributed by atoms with van der Waals surface area (Å²) in [5.41, 5.74) is 0.563. The molecule has 1 rings (SSSR count). The molecule has 1 amide bonds. The zero-order valence-electron chi connectivity index (χ0n) is 7.56. The zero-order chi connectivity index (χ0) is 9.84. The molecule has 1 atom stereocenters. The molecular formula is C9H11NO3. The molecule has 1 heterocycles. The molecule has 0 N–H and O–H groups in total. The molecule has 0 bridgehead atoms. The molecule has 0 spiro atoms. The van der Waals surface area contributed by atoms with E-state index in [0.717, 1.165) is 6.29 Å². The number of hydrogen-bond acceptors (Lipinski definition) is 3. The number of hydrogen-bond donors (Lipinski definition) is 0. The third-order valence-corrected chi connectivity index (χ3v) is 1.87. The molecule has 4 nitrogen and oxygen atoms in total. The largest absolute Gasteiger partial charge is 0.452 e. The van der Waals surface area contributed by atoms with Crippen molar-refractivity contribution >= 4 is 12.4 Å². The van der Waals surface area contributed by atoms with Crippen molar-refractivity contribution in [2.24, 2.45) is 5.92 Å². The number of carbonyl (C=O) groups excluding carboxylic acids is 2. The molecule has 13 heavy (non-hydrogen) atoms. The van der Waals surface area contributed by atoms with Gasteiger partial charge in [0.2, 0.25) is 0 Å². The fraction of sp³-hybridized carbons (Fsp3) is 0.333. The molecule has 0 unspecified atom stereocenters. The van der Waals surface area contributed by atoms with E-state index in [0.29, 0.717) is 5.57 Å². The minimum Gasteiger partial charge on any atom is -0.452 e. The average Bonchev–Trinajstić information content (AvgIpc) is 2.17. The van der Waals surface area contributed by atoms with Crippen molar-refractivity contribution in [2.75, 3.05) is 7.11 Å². The van der Waals surface area contributed by atoms with Crippen molar-refractivity contribution in [3.8, 4) is 0 Å². The van der Waals surface area contributed by atoms with Crippen LogP contribution >= 0.6 is 0 Å². The van der Waals surface area contributed by atoms with Gasteiger partial charge in [0, 0.05) is 23.9 Å². The van der Waals surface area contributed by atoms with Gasteiger partial charge in [-0.15, -0.1) is 0 Å². The molecule has 0 radical (unpaired) electrons. The van der Waals surface area contributed by atoms with Gasteiger partial charge in [-0.1, -0.05) is 13.0 Å². The maximum absolute atomic E-state index is 11.0. The van der Waals surface area contributed by atoms with Crippen LogP contribution in [0.5, 0.6) is 0 Å². The minimum atomic E-state index is -0.498. The Balaban J connectivity index is 2.82. The quantitative estimate of drug-likeness (QED) is 0.573. The molecule has 0 fully saturated rings. The summed E-state index contributed by atoms with van der Waals surface area (Å²) in [7, 11) is 1.29. The highest BCUT2D eigenvalue weighted by Gasteiger charge is 2.16. The number of amides is 1. The molecule has 0 saturated carbocycles. The first kappa shape index (κ1) is 9.51. The Labute approximate surface area is 76.5 Å². The van der Waals surface area contributed by atoms with Crippen molar-refractivity contribution in [3.63, 3.8) is 0 Å². The lowest BCUT2D eigenvalue weighted by molar-refractivity contribution is -0.105. The highest BCUT2D eigenvalue weighted by Crippen LogP contribution is 2.17. The van der Waals surface area contributed by atoms with Crippen molar-refractivity contribution in [3.05, 3.63) is 24.0 Å². The monoisotopic (exact) mass is 181 g/mol. The van der Waals surface area contributed by atoms with Gasteiger partial charge in [0.05, 0.1) is 7.11 Å². The predicted molar refractivity (Wildman–Crippen MR) is 46.7 cm³/mol. The highest BCUT2D eigenvalue weighted by atomic mass is 16.5. The first-order valence-corrected chi connectivity index (χ1v) is 3.90. The first-order chi connectivity index (χ1) is 6.19. The summed E-state index contributed by atoms with van der Waals surface area (Å²) in [5.74, 6) is 0.0541. The highest BCUT2D eigenvalue weighted by molar-refractivity contribution is 5.78. The molecule has 4 heteroatoms. The zero-order valence-corrected chi connectivity index (χ0v) is 7.56. The van der Waals surface area contributed by atoms with E-state index in [-0.39, 0.29) is 5.92 Å². The molecule has 0 saturated heterocycles. The van der Waals surface area contributed by atoms with Gasteiger partial charge in [0.1, 0.15) is 6.29 Å². The van der Waals surface area contributed by atoms with Crippen molar-refractivity contribution in [2.45, 2.75) is 6.92 Å². The summed E-state index contributed by atoms with van der Waals surface area (Å²) in [4.78, 5) is 22.8. The Kier molecular flexibility index (Phi) is 2.84. The average molecular weight is 181 g/mol. The number of allylic oxidation sites excluding steroid dienone is 2. The second-order valence-corrected chi connectivity index (χ2v) is 2.75. The van der Waals surface area contributed by atoms with E-state index in [4.69, 9.17) is 0 Å². The number of methoxy groups -OCH3 is 1. The SMILES string of the molecule is COC(=O)N1C=C[C@@H](C)C(C=O)=C1. The van der Waals surface area contributed by atoms with Gasteiger partial charge >= 0.3 is 6.09 Å². The third kappa shape index (κ3) is 1.96. The van der Waals surface area contributed by atoms with Crippen LogP contribution < -0.4 is 0 Å². The third-order valence-electron chi connectivity index (χ3n) is 1.87. The lowest BCUT2D eigenvalue weighted by atomic mass is 10.0. The van der Waals surface area contributed by atoms with Crippen LogP contribution in [-0.2, 0) is 9.53 Å². The number of rotatable bonds is 1. The van der Waals surface area contributed by atoms with Crippen LogP contribution in [0.15, 0.2) is 24.0 Å². The standard InChI is InChI=1S/C9H11NO3/c1-7-3-4-10(9(12)13-2)5-8(7)6-11/h3-7H,1-2H3/t7-/m1/s1. The molecular weight excluding hydrogens is 170 g/mol. The summed E-state index contributed by atoms with van der Waals surface area (Å²) in [6, 6.07) is 0. The summed E-state index contributed by atoms with van der Waals surface area (Å²) in [5, 5.41) is 0. The topological polar surface area (TPSA) is 46.6 Å². The number of aldehydes is 1. The van der Waals surface area contributed by atoms with Crippen LogP contribution in [0.2, 0.25) is 0 Å². The fourth-order valence-corrected chi connectivity index (χ4v) is 1.01. The Morgan fingerprint density at radius 3 is 2.92 bits per heavy atom. The Bertz CT molecular complexity index is 281. The Morgan fingerprint density at radius 2 is 2.38 bits per heavy atom. The minimum absolute atomic E-state index is 0.0541. The normalized spacial score (nSPS) is 20.9. The summed E-state index contributed by atoms with van der Waals surface area (Å²) in [6.45, 7) is 1.88. The van der Waals surface area contributed by atoms with Crippen LogP contribution in [0.25, 0.3) is 0 Å². The van der Waals surface area contributed by atoms with Gasteiger partial charge in [-0.05, 0) is 0 Å². The molecule has 0 aromatic heterocycles. The molecule has 0 aromatic rings.